The minimum absolute atomic E-state index is 0.0944. The van der Waals surface area contributed by atoms with Gasteiger partial charge in [0.2, 0.25) is 0 Å². The van der Waals surface area contributed by atoms with Gasteiger partial charge in [-0.2, -0.15) is 0 Å². The molecule has 3 heteroatoms. The van der Waals surface area contributed by atoms with E-state index in [2.05, 4.69) is 35.2 Å². The van der Waals surface area contributed by atoms with Crippen molar-refractivity contribution in [1.82, 2.24) is 10.4 Å². The molecule has 0 saturated heterocycles. The first-order valence-electron chi connectivity index (χ1n) is 5.63. The van der Waals surface area contributed by atoms with Gasteiger partial charge in [-0.15, -0.1) is 11.8 Å². The molecule has 0 amide bonds. The Kier molecular flexibility index (Phi) is 5.55. The first-order valence-corrected chi connectivity index (χ1v) is 5.63. The van der Waals surface area contributed by atoms with Crippen molar-refractivity contribution in [1.29, 1.82) is 0 Å². The van der Waals surface area contributed by atoms with Crippen LogP contribution < -0.4 is 11.3 Å². The zero-order valence-corrected chi connectivity index (χ0v) is 9.96. The Morgan fingerprint density at radius 1 is 1.56 bits per heavy atom. The van der Waals surface area contributed by atoms with Crippen molar-refractivity contribution in [3.8, 4) is 11.8 Å². The Bertz CT molecular complexity index is 376. The van der Waals surface area contributed by atoms with Crippen LogP contribution in [0.4, 0.5) is 0 Å². The van der Waals surface area contributed by atoms with Crippen LogP contribution in [-0.4, -0.2) is 4.98 Å². The third-order valence-electron chi connectivity index (χ3n) is 2.57. The van der Waals surface area contributed by atoms with Crippen LogP contribution in [0, 0.1) is 11.8 Å². The highest BCUT2D eigenvalue weighted by Crippen LogP contribution is 2.19. The first kappa shape index (κ1) is 12.7. The van der Waals surface area contributed by atoms with Gasteiger partial charge >= 0.3 is 0 Å². The fourth-order valence-electron chi connectivity index (χ4n) is 1.70. The molecule has 0 saturated carbocycles. The van der Waals surface area contributed by atoms with Gasteiger partial charge in [0.05, 0.1) is 11.7 Å². The van der Waals surface area contributed by atoms with Crippen LogP contribution >= 0.6 is 0 Å². The van der Waals surface area contributed by atoms with E-state index < -0.39 is 0 Å². The van der Waals surface area contributed by atoms with Gasteiger partial charge in [0.15, 0.2) is 0 Å². The maximum absolute atomic E-state index is 5.57. The lowest BCUT2D eigenvalue weighted by Gasteiger charge is -2.16. The minimum Gasteiger partial charge on any atom is -0.271 e. The first-order chi connectivity index (χ1) is 7.83. The van der Waals surface area contributed by atoms with Gasteiger partial charge in [-0.05, 0) is 31.4 Å². The number of hydrazine groups is 1. The standard InChI is InChI=1S/C13H19N3/c1-3-5-6-9-12(16-14)13-11(4-2)8-7-10-15-13/h7-8,10,12,16H,4,6,9,14H2,1-2H3. The smallest absolute Gasteiger partial charge is 0.0644 e. The van der Waals surface area contributed by atoms with Gasteiger partial charge < -0.3 is 0 Å². The molecule has 86 valence electrons. The molecule has 0 aliphatic carbocycles. The van der Waals surface area contributed by atoms with Crippen LogP contribution in [0.15, 0.2) is 18.3 Å². The summed E-state index contributed by atoms with van der Waals surface area (Å²) in [6, 6.07) is 4.15. The van der Waals surface area contributed by atoms with E-state index in [0.717, 1.165) is 25.0 Å². The predicted octanol–water partition coefficient (Wildman–Crippen LogP) is 1.95. The Labute approximate surface area is 97.4 Å². The van der Waals surface area contributed by atoms with Crippen molar-refractivity contribution in [2.75, 3.05) is 0 Å². The number of rotatable bonds is 5. The molecule has 16 heavy (non-hydrogen) atoms. The van der Waals surface area contributed by atoms with Crippen LogP contribution in [0.5, 0.6) is 0 Å². The van der Waals surface area contributed by atoms with E-state index in [1.807, 2.05) is 19.2 Å². The summed E-state index contributed by atoms with van der Waals surface area (Å²) in [6.07, 6.45) is 4.51. The summed E-state index contributed by atoms with van der Waals surface area (Å²) in [5, 5.41) is 0. The molecule has 0 radical (unpaired) electrons. The highest BCUT2D eigenvalue weighted by molar-refractivity contribution is 5.22. The van der Waals surface area contributed by atoms with E-state index in [-0.39, 0.29) is 6.04 Å². The molecule has 0 bridgehead atoms. The van der Waals surface area contributed by atoms with Gasteiger partial charge in [0.25, 0.3) is 0 Å². The van der Waals surface area contributed by atoms with Crippen molar-refractivity contribution in [2.24, 2.45) is 5.84 Å². The molecule has 1 unspecified atom stereocenters. The van der Waals surface area contributed by atoms with Gasteiger partial charge in [-0.1, -0.05) is 13.0 Å². The zero-order chi connectivity index (χ0) is 11.8. The van der Waals surface area contributed by atoms with Crippen LogP contribution in [0.3, 0.4) is 0 Å². The molecule has 0 aromatic carbocycles. The van der Waals surface area contributed by atoms with Gasteiger partial charge in [-0.3, -0.25) is 16.3 Å². The van der Waals surface area contributed by atoms with E-state index in [0.29, 0.717) is 0 Å². The molecule has 1 aromatic heterocycles. The maximum atomic E-state index is 5.57. The number of aromatic nitrogens is 1. The lowest BCUT2D eigenvalue weighted by Crippen LogP contribution is -2.29. The number of hydrogen-bond acceptors (Lipinski definition) is 3. The molecule has 0 spiro atoms. The minimum atomic E-state index is 0.0944. The molecule has 1 aromatic rings. The third kappa shape index (κ3) is 3.34. The maximum Gasteiger partial charge on any atom is 0.0644 e. The lowest BCUT2D eigenvalue weighted by atomic mass is 10.0. The van der Waals surface area contributed by atoms with Gasteiger partial charge in [0.1, 0.15) is 0 Å². The Hall–Kier alpha value is -1.37. The lowest BCUT2D eigenvalue weighted by molar-refractivity contribution is 0.507. The second-order valence-electron chi connectivity index (χ2n) is 3.59. The van der Waals surface area contributed by atoms with Crippen molar-refractivity contribution in [3.63, 3.8) is 0 Å². The Balaban J connectivity index is 2.79. The number of nitrogens with zero attached hydrogens (tertiary/aromatic N) is 1. The molecular weight excluding hydrogens is 198 g/mol. The molecule has 3 N–H and O–H groups in total. The monoisotopic (exact) mass is 217 g/mol. The molecule has 1 heterocycles. The summed E-state index contributed by atoms with van der Waals surface area (Å²) in [5.74, 6) is 11.5. The predicted molar refractivity (Wildman–Crippen MR) is 66.4 cm³/mol. The summed E-state index contributed by atoms with van der Waals surface area (Å²) in [4.78, 5) is 4.41. The summed E-state index contributed by atoms with van der Waals surface area (Å²) in [6.45, 7) is 3.98. The summed E-state index contributed by atoms with van der Waals surface area (Å²) in [5.41, 5.74) is 5.11. The van der Waals surface area contributed by atoms with E-state index in [9.17, 15) is 0 Å². The van der Waals surface area contributed by atoms with Crippen LogP contribution in [0.25, 0.3) is 0 Å². The normalized spacial score (nSPS) is 11.7. The Morgan fingerprint density at radius 2 is 2.38 bits per heavy atom. The largest absolute Gasteiger partial charge is 0.271 e. The second-order valence-corrected chi connectivity index (χ2v) is 3.59. The average Bonchev–Trinajstić information content (AvgIpc) is 2.35. The molecular formula is C13H19N3. The van der Waals surface area contributed by atoms with E-state index in [4.69, 9.17) is 5.84 Å². The summed E-state index contributed by atoms with van der Waals surface area (Å²) >= 11 is 0. The zero-order valence-electron chi connectivity index (χ0n) is 9.96. The quantitative estimate of drug-likeness (QED) is 0.450. The van der Waals surface area contributed by atoms with Crippen molar-refractivity contribution < 1.29 is 0 Å². The van der Waals surface area contributed by atoms with Crippen molar-refractivity contribution in [3.05, 3.63) is 29.6 Å². The van der Waals surface area contributed by atoms with Gasteiger partial charge in [-0.25, -0.2) is 0 Å². The second kappa shape index (κ2) is 7.00. The van der Waals surface area contributed by atoms with Crippen LogP contribution in [-0.2, 0) is 6.42 Å². The fourth-order valence-corrected chi connectivity index (χ4v) is 1.70. The number of nitrogens with one attached hydrogen (secondary N) is 1. The molecule has 0 aliphatic heterocycles. The van der Waals surface area contributed by atoms with Crippen LogP contribution in [0.2, 0.25) is 0 Å². The topological polar surface area (TPSA) is 50.9 Å². The van der Waals surface area contributed by atoms with E-state index in [1.165, 1.54) is 5.56 Å². The molecule has 3 nitrogen and oxygen atoms in total. The molecule has 1 atom stereocenters. The van der Waals surface area contributed by atoms with Gasteiger partial charge in [0, 0.05) is 12.6 Å². The SMILES string of the molecule is CC#CCCC(NN)c1ncccc1CC. The highest BCUT2D eigenvalue weighted by Gasteiger charge is 2.13. The fraction of sp³-hybridized carbons (Fsp3) is 0.462. The summed E-state index contributed by atoms with van der Waals surface area (Å²) < 4.78 is 0. The van der Waals surface area contributed by atoms with Crippen LogP contribution in [0.1, 0.15) is 44.0 Å². The molecule has 0 fully saturated rings. The molecule has 0 aliphatic rings. The number of aryl methyl sites for hydroxylation is 1. The Morgan fingerprint density at radius 3 is 3.00 bits per heavy atom. The van der Waals surface area contributed by atoms with E-state index in [1.54, 1.807) is 0 Å². The third-order valence-corrected chi connectivity index (χ3v) is 2.57. The highest BCUT2D eigenvalue weighted by atomic mass is 15.2. The average molecular weight is 217 g/mol. The number of pyridine rings is 1. The van der Waals surface area contributed by atoms with Crippen molar-refractivity contribution >= 4 is 0 Å². The van der Waals surface area contributed by atoms with Crippen molar-refractivity contribution in [2.45, 2.75) is 39.2 Å². The molecule has 1 rings (SSSR count). The van der Waals surface area contributed by atoms with E-state index >= 15 is 0 Å². The number of hydrogen-bond donors (Lipinski definition) is 2. The number of nitrogens with two attached hydrogens (primary N) is 1. The summed E-state index contributed by atoms with van der Waals surface area (Å²) in [7, 11) is 0.